The Morgan fingerprint density at radius 3 is 2.70 bits per heavy atom. The first kappa shape index (κ1) is 9.74. The average molecular weight is 156 g/mol. The molecule has 10 heavy (non-hydrogen) atoms. The third-order valence-corrected chi connectivity index (χ3v) is 1.74. The van der Waals surface area contributed by atoms with Gasteiger partial charge in [0.15, 0.2) is 0 Å². The van der Waals surface area contributed by atoms with Gasteiger partial charge in [-0.2, -0.15) is 0 Å². The molecule has 0 aliphatic carbocycles. The fraction of sp³-hybridized carbons (Fsp3) is 0.750. The van der Waals surface area contributed by atoms with Crippen LogP contribution in [0.5, 0.6) is 0 Å². The largest absolute Gasteiger partial charge is 0.428 e. The Morgan fingerprint density at radius 1 is 1.30 bits per heavy atom. The van der Waals surface area contributed by atoms with E-state index in [4.69, 9.17) is 4.43 Å². The van der Waals surface area contributed by atoms with Crippen molar-refractivity contribution in [2.24, 2.45) is 0 Å². The minimum absolute atomic E-state index is 0.881. The van der Waals surface area contributed by atoms with Gasteiger partial charge in [-0.1, -0.05) is 6.42 Å². The number of unbranched alkanes of at least 4 members (excludes halogenated alkanes) is 3. The van der Waals surface area contributed by atoms with E-state index in [0.717, 1.165) is 23.5 Å². The lowest BCUT2D eigenvalue weighted by molar-refractivity contribution is 0.334. The molecule has 0 saturated carbocycles. The van der Waals surface area contributed by atoms with Crippen LogP contribution in [0.3, 0.4) is 0 Å². The van der Waals surface area contributed by atoms with Crippen molar-refractivity contribution in [1.82, 2.24) is 0 Å². The van der Waals surface area contributed by atoms with E-state index in [1.54, 1.807) is 0 Å². The Balaban J connectivity index is 2.82. The van der Waals surface area contributed by atoms with Crippen molar-refractivity contribution in [3.8, 4) is 11.8 Å². The molecule has 1 nitrogen and oxygen atoms in total. The molecule has 0 fully saturated rings. The summed E-state index contributed by atoms with van der Waals surface area (Å²) < 4.78 is 5.05. The predicted octanol–water partition coefficient (Wildman–Crippen LogP) is 0.867. The highest BCUT2D eigenvalue weighted by atomic mass is 28.2. The average Bonchev–Trinajstić information content (AvgIpc) is 1.97. The number of rotatable bonds is 5. The zero-order valence-electron chi connectivity index (χ0n) is 6.94. The minimum Gasteiger partial charge on any atom is -0.428 e. The van der Waals surface area contributed by atoms with E-state index >= 15 is 0 Å². The molecule has 0 aromatic heterocycles. The molecule has 0 radical (unpaired) electrons. The van der Waals surface area contributed by atoms with Crippen LogP contribution in [-0.2, 0) is 4.43 Å². The first-order valence-electron chi connectivity index (χ1n) is 3.80. The van der Waals surface area contributed by atoms with E-state index in [1.807, 2.05) is 6.92 Å². The molecule has 0 bridgehead atoms. The smallest absolute Gasteiger partial charge is 0.145 e. The van der Waals surface area contributed by atoms with Crippen LogP contribution in [0.2, 0.25) is 0 Å². The molecule has 2 heteroatoms. The summed E-state index contributed by atoms with van der Waals surface area (Å²) in [6.07, 6.45) is 4.75. The lowest BCUT2D eigenvalue weighted by Crippen LogP contribution is -1.88. The number of hydrogen-bond donors (Lipinski definition) is 0. The topological polar surface area (TPSA) is 9.23 Å². The van der Waals surface area contributed by atoms with Gasteiger partial charge in [-0.25, -0.2) is 0 Å². The molecule has 0 rings (SSSR count). The zero-order chi connectivity index (χ0) is 7.66. The first-order chi connectivity index (χ1) is 4.91. The van der Waals surface area contributed by atoms with Gasteiger partial charge >= 0.3 is 0 Å². The van der Waals surface area contributed by atoms with Gasteiger partial charge in [0.25, 0.3) is 0 Å². The van der Waals surface area contributed by atoms with Gasteiger partial charge in [-0.3, -0.25) is 0 Å². The molecule has 0 saturated heterocycles. The summed E-state index contributed by atoms with van der Waals surface area (Å²) in [6, 6.07) is 0. The van der Waals surface area contributed by atoms with E-state index in [2.05, 4.69) is 11.8 Å². The Morgan fingerprint density at radius 2 is 2.10 bits per heavy atom. The molecule has 0 N–H and O–H groups in total. The van der Waals surface area contributed by atoms with E-state index in [9.17, 15) is 0 Å². The zero-order valence-corrected chi connectivity index (χ0v) is 8.94. The van der Waals surface area contributed by atoms with Crippen LogP contribution >= 0.6 is 0 Å². The molecule has 0 spiro atoms. The van der Waals surface area contributed by atoms with Crippen molar-refractivity contribution in [1.29, 1.82) is 0 Å². The predicted molar refractivity (Wildman–Crippen MR) is 47.8 cm³/mol. The molecular weight excluding hydrogens is 140 g/mol. The molecule has 0 heterocycles. The second kappa shape index (κ2) is 8.74. The Labute approximate surface area is 66.7 Å². The lowest BCUT2D eigenvalue weighted by Gasteiger charge is -1.95. The fourth-order valence-corrected chi connectivity index (χ4v) is 1.05. The quantitative estimate of drug-likeness (QED) is 0.326. The van der Waals surface area contributed by atoms with Gasteiger partial charge in [0.05, 0.1) is 0 Å². The standard InChI is InChI=1S/C8H16OSi/c1-2-3-4-5-6-7-8-9-10/h4-8H2,1,10H3. The van der Waals surface area contributed by atoms with Gasteiger partial charge in [0.1, 0.15) is 10.5 Å². The maximum absolute atomic E-state index is 5.05. The summed E-state index contributed by atoms with van der Waals surface area (Å²) in [7, 11) is 0.881. The van der Waals surface area contributed by atoms with Crippen molar-refractivity contribution in [2.75, 3.05) is 6.61 Å². The summed E-state index contributed by atoms with van der Waals surface area (Å²) in [4.78, 5) is 0. The van der Waals surface area contributed by atoms with E-state index in [0.29, 0.717) is 0 Å². The van der Waals surface area contributed by atoms with Crippen LogP contribution in [0.1, 0.15) is 32.6 Å². The Kier molecular flexibility index (Phi) is 8.51. The highest BCUT2D eigenvalue weighted by molar-refractivity contribution is 5.97. The second-order valence-electron chi connectivity index (χ2n) is 2.23. The molecule has 0 aromatic rings. The second-order valence-corrected chi connectivity index (χ2v) is 2.81. The van der Waals surface area contributed by atoms with E-state index < -0.39 is 0 Å². The maximum Gasteiger partial charge on any atom is 0.145 e. The maximum atomic E-state index is 5.05. The molecular formula is C8H16OSi. The molecule has 0 unspecified atom stereocenters. The first-order valence-corrected chi connectivity index (χ1v) is 4.62. The van der Waals surface area contributed by atoms with Gasteiger partial charge < -0.3 is 4.43 Å². The van der Waals surface area contributed by atoms with Crippen LogP contribution in [0.15, 0.2) is 0 Å². The van der Waals surface area contributed by atoms with Crippen molar-refractivity contribution in [2.45, 2.75) is 32.6 Å². The Bertz CT molecular complexity index is 112. The van der Waals surface area contributed by atoms with Crippen LogP contribution < -0.4 is 0 Å². The van der Waals surface area contributed by atoms with Crippen LogP contribution in [0, 0.1) is 11.8 Å². The summed E-state index contributed by atoms with van der Waals surface area (Å²) >= 11 is 0. The normalized spacial score (nSPS) is 8.90. The molecule has 58 valence electrons. The number of hydrogen-bond acceptors (Lipinski definition) is 1. The summed E-state index contributed by atoms with van der Waals surface area (Å²) in [5.74, 6) is 5.93. The SMILES string of the molecule is CC#CCCCCCO[SiH3]. The molecule has 0 atom stereocenters. The van der Waals surface area contributed by atoms with Crippen LogP contribution in [0.25, 0.3) is 0 Å². The van der Waals surface area contributed by atoms with Crippen molar-refractivity contribution >= 4 is 10.5 Å². The monoisotopic (exact) mass is 156 g/mol. The van der Waals surface area contributed by atoms with Crippen LogP contribution in [0.4, 0.5) is 0 Å². The summed E-state index contributed by atoms with van der Waals surface area (Å²) in [6.45, 7) is 2.84. The van der Waals surface area contributed by atoms with Gasteiger partial charge in [0.2, 0.25) is 0 Å². The van der Waals surface area contributed by atoms with Crippen LogP contribution in [-0.4, -0.2) is 17.1 Å². The van der Waals surface area contributed by atoms with Gasteiger partial charge in [-0.15, -0.1) is 11.8 Å². The summed E-state index contributed by atoms with van der Waals surface area (Å²) in [5.41, 5.74) is 0. The van der Waals surface area contributed by atoms with Crippen molar-refractivity contribution in [3.05, 3.63) is 0 Å². The molecule has 0 amide bonds. The molecule has 0 aliphatic rings. The third kappa shape index (κ3) is 7.74. The lowest BCUT2D eigenvalue weighted by atomic mass is 10.2. The summed E-state index contributed by atoms with van der Waals surface area (Å²) in [5, 5.41) is 0. The van der Waals surface area contributed by atoms with Gasteiger partial charge in [0, 0.05) is 13.0 Å². The fourth-order valence-electron chi connectivity index (χ4n) is 0.762. The third-order valence-electron chi connectivity index (χ3n) is 1.33. The van der Waals surface area contributed by atoms with E-state index in [1.165, 1.54) is 19.3 Å². The highest BCUT2D eigenvalue weighted by Crippen LogP contribution is 1.97. The van der Waals surface area contributed by atoms with Gasteiger partial charge in [-0.05, 0) is 19.8 Å². The minimum atomic E-state index is 0.881. The van der Waals surface area contributed by atoms with Crippen molar-refractivity contribution in [3.63, 3.8) is 0 Å². The Hall–Kier alpha value is -0.263. The molecule has 0 aliphatic heterocycles. The van der Waals surface area contributed by atoms with Crippen molar-refractivity contribution < 1.29 is 4.43 Å². The van der Waals surface area contributed by atoms with E-state index in [-0.39, 0.29) is 0 Å². The molecule has 0 aromatic carbocycles. The highest BCUT2D eigenvalue weighted by Gasteiger charge is 1.84.